The van der Waals surface area contributed by atoms with E-state index in [-0.39, 0.29) is 6.04 Å². The molecule has 1 atom stereocenters. The van der Waals surface area contributed by atoms with Crippen LogP contribution >= 0.6 is 15.9 Å². The van der Waals surface area contributed by atoms with Crippen molar-refractivity contribution in [2.45, 2.75) is 26.4 Å². The van der Waals surface area contributed by atoms with E-state index in [1.807, 2.05) is 25.1 Å². The SMILES string of the molecule is Cc1nonc1CN[C@@H](C)c1ccccc1Br. The summed E-state index contributed by atoms with van der Waals surface area (Å²) >= 11 is 3.54. The van der Waals surface area contributed by atoms with Crippen LogP contribution in [-0.4, -0.2) is 10.3 Å². The molecule has 1 aromatic carbocycles. The number of rotatable bonds is 4. The van der Waals surface area contributed by atoms with Crippen molar-refractivity contribution in [1.82, 2.24) is 15.6 Å². The van der Waals surface area contributed by atoms with E-state index in [0.29, 0.717) is 6.54 Å². The molecular weight excluding hydrogens is 282 g/mol. The Balaban J connectivity index is 2.01. The zero-order chi connectivity index (χ0) is 12.3. The number of aryl methyl sites for hydroxylation is 1. The molecule has 0 bridgehead atoms. The molecule has 0 unspecified atom stereocenters. The van der Waals surface area contributed by atoms with Crippen molar-refractivity contribution in [3.05, 3.63) is 45.7 Å². The Labute approximate surface area is 109 Å². The summed E-state index contributed by atoms with van der Waals surface area (Å²) in [6.45, 7) is 4.65. The van der Waals surface area contributed by atoms with Crippen molar-refractivity contribution in [2.24, 2.45) is 0 Å². The molecule has 1 aromatic heterocycles. The van der Waals surface area contributed by atoms with Crippen molar-refractivity contribution in [2.75, 3.05) is 0 Å². The fraction of sp³-hybridized carbons (Fsp3) is 0.333. The zero-order valence-electron chi connectivity index (χ0n) is 9.77. The van der Waals surface area contributed by atoms with Crippen LogP contribution in [-0.2, 0) is 6.54 Å². The van der Waals surface area contributed by atoms with Gasteiger partial charge in [0.1, 0.15) is 11.4 Å². The Morgan fingerprint density at radius 3 is 2.76 bits per heavy atom. The van der Waals surface area contributed by atoms with Crippen LogP contribution in [0.15, 0.2) is 33.4 Å². The Kier molecular flexibility index (Phi) is 3.91. The van der Waals surface area contributed by atoms with Crippen LogP contribution in [0.2, 0.25) is 0 Å². The molecule has 0 aliphatic heterocycles. The van der Waals surface area contributed by atoms with E-state index >= 15 is 0 Å². The molecule has 1 N–H and O–H groups in total. The fourth-order valence-corrected chi connectivity index (χ4v) is 2.22. The molecule has 0 aliphatic carbocycles. The third-order valence-electron chi connectivity index (χ3n) is 2.69. The molecule has 0 spiro atoms. The van der Waals surface area contributed by atoms with Gasteiger partial charge in [-0.3, -0.25) is 0 Å². The van der Waals surface area contributed by atoms with Crippen molar-refractivity contribution < 1.29 is 4.63 Å². The lowest BCUT2D eigenvalue weighted by molar-refractivity contribution is 0.300. The third-order valence-corrected chi connectivity index (χ3v) is 3.42. The first-order valence-corrected chi connectivity index (χ1v) is 6.23. The minimum absolute atomic E-state index is 0.238. The summed E-state index contributed by atoms with van der Waals surface area (Å²) < 4.78 is 5.76. The Hall–Kier alpha value is -1.20. The van der Waals surface area contributed by atoms with Gasteiger partial charge in [-0.15, -0.1) is 0 Å². The maximum Gasteiger partial charge on any atom is 0.121 e. The first kappa shape index (κ1) is 12.3. The smallest absolute Gasteiger partial charge is 0.121 e. The lowest BCUT2D eigenvalue weighted by atomic mass is 10.1. The molecule has 0 aliphatic rings. The lowest BCUT2D eigenvalue weighted by Gasteiger charge is -2.14. The molecule has 0 saturated heterocycles. The average Bonchev–Trinajstić information content (AvgIpc) is 2.72. The highest BCUT2D eigenvalue weighted by Gasteiger charge is 2.10. The van der Waals surface area contributed by atoms with Crippen LogP contribution < -0.4 is 5.32 Å². The molecule has 4 nitrogen and oxygen atoms in total. The van der Waals surface area contributed by atoms with E-state index in [9.17, 15) is 0 Å². The monoisotopic (exact) mass is 295 g/mol. The van der Waals surface area contributed by atoms with Crippen molar-refractivity contribution in [3.63, 3.8) is 0 Å². The Morgan fingerprint density at radius 2 is 2.12 bits per heavy atom. The standard InChI is InChI=1S/C12H14BrN3O/c1-8(10-5-3-4-6-11(10)13)14-7-12-9(2)15-17-16-12/h3-6,8,14H,7H2,1-2H3/t8-/m0/s1. The fourth-order valence-electron chi connectivity index (χ4n) is 1.60. The number of benzene rings is 1. The molecular formula is C12H14BrN3O. The minimum Gasteiger partial charge on any atom is -0.304 e. The summed E-state index contributed by atoms with van der Waals surface area (Å²) in [6, 6.07) is 8.40. The van der Waals surface area contributed by atoms with Crippen molar-refractivity contribution in [3.8, 4) is 0 Å². The largest absolute Gasteiger partial charge is 0.304 e. The number of nitrogens with one attached hydrogen (secondary N) is 1. The van der Waals surface area contributed by atoms with Crippen LogP contribution in [0.25, 0.3) is 0 Å². The molecule has 2 rings (SSSR count). The van der Waals surface area contributed by atoms with Gasteiger partial charge in [0.2, 0.25) is 0 Å². The van der Waals surface area contributed by atoms with Gasteiger partial charge >= 0.3 is 0 Å². The summed E-state index contributed by atoms with van der Waals surface area (Å²) in [5.41, 5.74) is 2.90. The van der Waals surface area contributed by atoms with Gasteiger partial charge in [-0.25, -0.2) is 4.63 Å². The zero-order valence-corrected chi connectivity index (χ0v) is 11.4. The van der Waals surface area contributed by atoms with E-state index < -0.39 is 0 Å². The second-order valence-electron chi connectivity index (χ2n) is 3.92. The van der Waals surface area contributed by atoms with Crippen LogP contribution in [0, 0.1) is 6.92 Å². The van der Waals surface area contributed by atoms with Gasteiger partial charge in [0.05, 0.1) is 0 Å². The van der Waals surface area contributed by atoms with Crippen molar-refractivity contribution >= 4 is 15.9 Å². The molecule has 0 saturated carbocycles. The molecule has 1 heterocycles. The lowest BCUT2D eigenvalue weighted by Crippen LogP contribution is -2.19. The number of aromatic nitrogens is 2. The maximum atomic E-state index is 4.66. The van der Waals surface area contributed by atoms with Crippen LogP contribution in [0.5, 0.6) is 0 Å². The van der Waals surface area contributed by atoms with Gasteiger partial charge in [-0.05, 0) is 25.5 Å². The van der Waals surface area contributed by atoms with Gasteiger partial charge in [0.15, 0.2) is 0 Å². The van der Waals surface area contributed by atoms with Gasteiger partial charge in [-0.1, -0.05) is 44.4 Å². The van der Waals surface area contributed by atoms with Gasteiger partial charge in [0.25, 0.3) is 0 Å². The highest BCUT2D eigenvalue weighted by atomic mass is 79.9. The molecule has 90 valence electrons. The predicted octanol–water partition coefficient (Wildman–Crippen LogP) is 2.99. The number of hydrogen-bond donors (Lipinski definition) is 1. The second-order valence-corrected chi connectivity index (χ2v) is 4.77. The van der Waals surface area contributed by atoms with E-state index in [4.69, 9.17) is 0 Å². The van der Waals surface area contributed by atoms with E-state index in [2.05, 4.69) is 49.2 Å². The summed E-state index contributed by atoms with van der Waals surface area (Å²) in [6.07, 6.45) is 0. The molecule has 5 heteroatoms. The summed E-state index contributed by atoms with van der Waals surface area (Å²) in [7, 11) is 0. The van der Waals surface area contributed by atoms with Crippen LogP contribution in [0.1, 0.15) is 29.9 Å². The molecule has 0 fully saturated rings. The average molecular weight is 296 g/mol. The van der Waals surface area contributed by atoms with Crippen LogP contribution in [0.3, 0.4) is 0 Å². The van der Waals surface area contributed by atoms with E-state index in [1.165, 1.54) is 5.56 Å². The second kappa shape index (κ2) is 5.42. The highest BCUT2D eigenvalue weighted by molar-refractivity contribution is 9.10. The van der Waals surface area contributed by atoms with Gasteiger partial charge in [0, 0.05) is 17.1 Å². The molecule has 17 heavy (non-hydrogen) atoms. The number of hydrogen-bond acceptors (Lipinski definition) is 4. The summed E-state index contributed by atoms with van der Waals surface area (Å²) in [5.74, 6) is 0. The molecule has 0 amide bonds. The summed E-state index contributed by atoms with van der Waals surface area (Å²) in [5, 5.41) is 11.0. The van der Waals surface area contributed by atoms with Gasteiger partial charge < -0.3 is 5.32 Å². The summed E-state index contributed by atoms with van der Waals surface area (Å²) in [4.78, 5) is 0. The minimum atomic E-state index is 0.238. The normalized spacial score (nSPS) is 12.6. The molecule has 2 aromatic rings. The quantitative estimate of drug-likeness (QED) is 0.942. The Morgan fingerprint density at radius 1 is 1.35 bits per heavy atom. The van der Waals surface area contributed by atoms with E-state index in [0.717, 1.165) is 15.9 Å². The van der Waals surface area contributed by atoms with Gasteiger partial charge in [-0.2, -0.15) is 0 Å². The number of nitrogens with zero attached hydrogens (tertiary/aromatic N) is 2. The predicted molar refractivity (Wildman–Crippen MR) is 68.4 cm³/mol. The Bertz CT molecular complexity index is 498. The number of halogens is 1. The maximum absolute atomic E-state index is 4.66. The van der Waals surface area contributed by atoms with E-state index in [1.54, 1.807) is 0 Å². The van der Waals surface area contributed by atoms with Crippen LogP contribution in [0.4, 0.5) is 0 Å². The van der Waals surface area contributed by atoms with Crippen molar-refractivity contribution in [1.29, 1.82) is 0 Å². The molecule has 0 radical (unpaired) electrons. The first-order chi connectivity index (χ1) is 8.18. The highest BCUT2D eigenvalue weighted by Crippen LogP contribution is 2.22. The first-order valence-electron chi connectivity index (χ1n) is 5.44. The topological polar surface area (TPSA) is 51.0 Å². The third kappa shape index (κ3) is 2.92.